The Hall–Kier alpha value is -1.20. The zero-order valence-corrected chi connectivity index (χ0v) is 15.6. The number of thioether (sulfide) groups is 1. The highest BCUT2D eigenvalue weighted by atomic mass is 35.5. The third kappa shape index (κ3) is 3.72. The molecular weight excluding hydrogens is 344 g/mol. The van der Waals surface area contributed by atoms with Crippen molar-refractivity contribution in [3.8, 4) is 0 Å². The zero-order valence-electron chi connectivity index (χ0n) is 14.0. The highest BCUT2D eigenvalue weighted by molar-refractivity contribution is 8.14. The quantitative estimate of drug-likeness (QED) is 0.779. The summed E-state index contributed by atoms with van der Waals surface area (Å²) in [7, 11) is 0. The van der Waals surface area contributed by atoms with Crippen LogP contribution in [0.4, 0.5) is 9.59 Å². The number of hydrogen-bond donors (Lipinski definition) is 1. The van der Waals surface area contributed by atoms with Gasteiger partial charge in [0.05, 0.1) is 11.3 Å². The van der Waals surface area contributed by atoms with Gasteiger partial charge in [0.1, 0.15) is 0 Å². The molecule has 0 radical (unpaired) electrons. The van der Waals surface area contributed by atoms with Crippen LogP contribution in [0.15, 0.2) is 24.3 Å². The van der Waals surface area contributed by atoms with Gasteiger partial charge in [-0.05, 0) is 56.2 Å². The smallest absolute Gasteiger partial charge is 0.325 e. The van der Waals surface area contributed by atoms with Gasteiger partial charge >= 0.3 is 6.03 Å². The van der Waals surface area contributed by atoms with E-state index in [1.165, 1.54) is 16.7 Å². The fourth-order valence-electron chi connectivity index (χ4n) is 3.48. The molecule has 2 atom stereocenters. The summed E-state index contributed by atoms with van der Waals surface area (Å²) in [6, 6.07) is 7.25. The van der Waals surface area contributed by atoms with E-state index in [4.69, 9.17) is 11.6 Å². The van der Waals surface area contributed by atoms with Gasteiger partial charge in [0.25, 0.3) is 5.24 Å². The minimum atomic E-state index is -0.254. The molecule has 0 unspecified atom stereocenters. The number of carbonyl (C=O) groups excluding carboxylic acids is 2. The second-order valence-corrected chi connectivity index (χ2v) is 8.40. The normalized spacial score (nSPS) is 30.5. The molecular formula is C18H23ClN2O2S. The molecule has 0 spiro atoms. The summed E-state index contributed by atoms with van der Waals surface area (Å²) in [5.41, 5.74) is 1.02. The first-order valence-corrected chi connectivity index (χ1v) is 9.77. The summed E-state index contributed by atoms with van der Waals surface area (Å²) in [5.74, 6) is 0.732. The van der Waals surface area contributed by atoms with E-state index in [2.05, 4.69) is 12.2 Å². The van der Waals surface area contributed by atoms with Crippen LogP contribution in [0, 0.1) is 5.92 Å². The number of carbonyl (C=O) groups is 2. The molecule has 0 aromatic heterocycles. The molecule has 24 heavy (non-hydrogen) atoms. The van der Waals surface area contributed by atoms with E-state index in [1.807, 2.05) is 31.2 Å². The molecule has 1 aromatic rings. The zero-order chi connectivity index (χ0) is 17.3. The number of urea groups is 1. The predicted octanol–water partition coefficient (Wildman–Crippen LogP) is 5.23. The average Bonchev–Trinajstić information content (AvgIpc) is 2.85. The molecule has 1 saturated carbocycles. The van der Waals surface area contributed by atoms with Crippen LogP contribution in [-0.4, -0.2) is 28.3 Å². The van der Waals surface area contributed by atoms with E-state index in [1.54, 1.807) is 0 Å². The first kappa shape index (κ1) is 17.6. The molecule has 1 aromatic carbocycles. The summed E-state index contributed by atoms with van der Waals surface area (Å²) in [6.45, 7) is 4.18. The number of nitrogens with zero attached hydrogens (tertiary/aromatic N) is 1. The van der Waals surface area contributed by atoms with E-state index >= 15 is 0 Å². The molecule has 1 aliphatic carbocycles. The average molecular weight is 367 g/mol. The lowest BCUT2D eigenvalue weighted by molar-refractivity contribution is 0.182. The Balaban J connectivity index is 1.66. The van der Waals surface area contributed by atoms with E-state index < -0.39 is 0 Å². The maximum Gasteiger partial charge on any atom is 0.325 e. The molecule has 3 amide bonds. The maximum atomic E-state index is 12.6. The predicted molar refractivity (Wildman–Crippen MR) is 98.4 cm³/mol. The van der Waals surface area contributed by atoms with Crippen molar-refractivity contribution in [3.63, 3.8) is 0 Å². The fourth-order valence-corrected chi connectivity index (χ4v) is 4.80. The van der Waals surface area contributed by atoms with Gasteiger partial charge in [-0.3, -0.25) is 9.69 Å². The standard InChI is InChI=1S/C18H23ClN2O2S/c1-11-3-9-15(10-4-11)20-17(22)21-12(2)16(24-18(21)23)13-5-7-14(19)8-6-13/h5-8,11-12,15-16H,3-4,9-10H2,1-2H3,(H,20,22)/t11?,12-,15?,16+/m0/s1. The van der Waals surface area contributed by atoms with Gasteiger partial charge in [-0.25, -0.2) is 4.79 Å². The van der Waals surface area contributed by atoms with Crippen molar-refractivity contribution in [2.75, 3.05) is 0 Å². The van der Waals surface area contributed by atoms with Crippen molar-refractivity contribution in [2.24, 2.45) is 5.92 Å². The number of rotatable bonds is 2. The number of hydrogen-bond acceptors (Lipinski definition) is 3. The third-order valence-corrected chi connectivity index (χ3v) is 6.60. The number of nitrogens with one attached hydrogen (secondary N) is 1. The largest absolute Gasteiger partial charge is 0.335 e. The first-order valence-electron chi connectivity index (χ1n) is 8.51. The van der Waals surface area contributed by atoms with Crippen molar-refractivity contribution in [2.45, 2.75) is 56.9 Å². The monoisotopic (exact) mass is 366 g/mol. The maximum absolute atomic E-state index is 12.6. The molecule has 1 N–H and O–H groups in total. The molecule has 130 valence electrons. The summed E-state index contributed by atoms with van der Waals surface area (Å²) in [6.07, 6.45) is 4.27. The molecule has 1 saturated heterocycles. The highest BCUT2D eigenvalue weighted by Crippen LogP contribution is 2.43. The van der Waals surface area contributed by atoms with Crippen LogP contribution in [0.25, 0.3) is 0 Å². The number of halogens is 1. The van der Waals surface area contributed by atoms with E-state index in [0.717, 1.165) is 37.2 Å². The second kappa shape index (κ2) is 7.36. The minimum absolute atomic E-state index is 0.0492. The summed E-state index contributed by atoms with van der Waals surface area (Å²) in [4.78, 5) is 26.4. The highest BCUT2D eigenvalue weighted by Gasteiger charge is 2.42. The van der Waals surface area contributed by atoms with E-state index in [-0.39, 0.29) is 28.6 Å². The van der Waals surface area contributed by atoms with Gasteiger partial charge in [0.15, 0.2) is 0 Å². The van der Waals surface area contributed by atoms with Gasteiger partial charge in [0.2, 0.25) is 0 Å². The van der Waals surface area contributed by atoms with Crippen molar-refractivity contribution < 1.29 is 9.59 Å². The van der Waals surface area contributed by atoms with Crippen LogP contribution in [0.5, 0.6) is 0 Å². The van der Waals surface area contributed by atoms with Crippen molar-refractivity contribution in [1.82, 2.24) is 10.2 Å². The van der Waals surface area contributed by atoms with Crippen molar-refractivity contribution in [3.05, 3.63) is 34.9 Å². The van der Waals surface area contributed by atoms with Gasteiger partial charge < -0.3 is 5.32 Å². The molecule has 2 fully saturated rings. The van der Waals surface area contributed by atoms with Crippen LogP contribution >= 0.6 is 23.4 Å². The Morgan fingerprint density at radius 3 is 2.42 bits per heavy atom. The van der Waals surface area contributed by atoms with Crippen LogP contribution < -0.4 is 5.32 Å². The topological polar surface area (TPSA) is 49.4 Å². The fraction of sp³-hybridized carbons (Fsp3) is 0.556. The SMILES string of the molecule is CC1CCC(NC(=O)N2C(=O)S[C@@H](c3ccc(Cl)cc3)[C@@H]2C)CC1. The molecule has 2 aliphatic rings. The van der Waals surface area contributed by atoms with Crippen molar-refractivity contribution in [1.29, 1.82) is 0 Å². The molecule has 1 aliphatic heterocycles. The lowest BCUT2D eigenvalue weighted by Crippen LogP contribution is -2.48. The number of benzene rings is 1. The molecule has 4 nitrogen and oxygen atoms in total. The van der Waals surface area contributed by atoms with E-state index in [0.29, 0.717) is 5.02 Å². The Kier molecular flexibility index (Phi) is 5.40. The van der Waals surface area contributed by atoms with Crippen LogP contribution in [-0.2, 0) is 0 Å². The molecule has 0 bridgehead atoms. The number of imide groups is 1. The van der Waals surface area contributed by atoms with Gasteiger partial charge in [-0.1, -0.05) is 42.4 Å². The van der Waals surface area contributed by atoms with Gasteiger partial charge in [-0.15, -0.1) is 0 Å². The Bertz CT molecular complexity index is 614. The second-order valence-electron chi connectivity index (χ2n) is 6.87. The lowest BCUT2D eigenvalue weighted by atomic mass is 9.87. The van der Waals surface area contributed by atoms with Gasteiger partial charge in [0, 0.05) is 11.1 Å². The van der Waals surface area contributed by atoms with Crippen LogP contribution in [0.1, 0.15) is 50.3 Å². The first-order chi connectivity index (χ1) is 11.5. The summed E-state index contributed by atoms with van der Waals surface area (Å²) >= 11 is 7.15. The van der Waals surface area contributed by atoms with Crippen LogP contribution in [0.2, 0.25) is 5.02 Å². The Morgan fingerprint density at radius 1 is 1.17 bits per heavy atom. The minimum Gasteiger partial charge on any atom is -0.335 e. The van der Waals surface area contributed by atoms with Crippen molar-refractivity contribution >= 4 is 34.6 Å². The molecule has 6 heteroatoms. The summed E-state index contributed by atoms with van der Waals surface area (Å²) in [5, 5.41) is 3.50. The summed E-state index contributed by atoms with van der Waals surface area (Å²) < 4.78 is 0. The lowest BCUT2D eigenvalue weighted by Gasteiger charge is -2.29. The Morgan fingerprint density at radius 2 is 1.79 bits per heavy atom. The molecule has 1 heterocycles. The van der Waals surface area contributed by atoms with Crippen LogP contribution in [0.3, 0.4) is 0 Å². The third-order valence-electron chi connectivity index (χ3n) is 5.03. The Labute approximate surface area is 152 Å². The van der Waals surface area contributed by atoms with E-state index in [9.17, 15) is 9.59 Å². The number of amides is 3. The van der Waals surface area contributed by atoms with Gasteiger partial charge in [-0.2, -0.15) is 0 Å². The molecule has 3 rings (SSSR count).